The van der Waals surface area contributed by atoms with Crippen LogP contribution in [-0.4, -0.2) is 23.6 Å². The first kappa shape index (κ1) is 12.4. The maximum atomic E-state index is 12.0. The first-order valence-corrected chi connectivity index (χ1v) is 6.64. The highest BCUT2D eigenvalue weighted by molar-refractivity contribution is 7.92. The van der Waals surface area contributed by atoms with E-state index in [0.29, 0.717) is 11.4 Å². The average molecular weight is 267 g/mol. The SMILES string of the molecule is Cc1ccc(NS(=O)(=O)c2cn[nH]c2N)c(C)n1. The van der Waals surface area contributed by atoms with Crippen LogP contribution in [0.4, 0.5) is 11.5 Å². The molecule has 0 saturated heterocycles. The van der Waals surface area contributed by atoms with Crippen molar-refractivity contribution in [2.45, 2.75) is 18.7 Å². The van der Waals surface area contributed by atoms with E-state index >= 15 is 0 Å². The maximum Gasteiger partial charge on any atom is 0.267 e. The van der Waals surface area contributed by atoms with E-state index in [9.17, 15) is 8.42 Å². The third kappa shape index (κ3) is 2.28. The fourth-order valence-corrected chi connectivity index (χ4v) is 2.64. The van der Waals surface area contributed by atoms with Crippen molar-refractivity contribution in [1.29, 1.82) is 0 Å². The molecule has 0 unspecified atom stereocenters. The van der Waals surface area contributed by atoms with Crippen LogP contribution < -0.4 is 10.5 Å². The Morgan fingerprint density at radius 1 is 1.33 bits per heavy atom. The molecule has 18 heavy (non-hydrogen) atoms. The van der Waals surface area contributed by atoms with Gasteiger partial charge in [-0.3, -0.25) is 14.8 Å². The smallest absolute Gasteiger partial charge is 0.267 e. The zero-order chi connectivity index (χ0) is 13.3. The Kier molecular flexibility index (Phi) is 2.95. The number of aromatic nitrogens is 3. The summed E-state index contributed by atoms with van der Waals surface area (Å²) < 4.78 is 26.5. The van der Waals surface area contributed by atoms with Gasteiger partial charge in [0.05, 0.1) is 17.6 Å². The van der Waals surface area contributed by atoms with Gasteiger partial charge in [0.1, 0.15) is 10.7 Å². The predicted octanol–water partition coefficient (Wildman–Crippen LogP) is 0.805. The zero-order valence-electron chi connectivity index (χ0n) is 9.93. The fraction of sp³-hybridized carbons (Fsp3) is 0.200. The van der Waals surface area contributed by atoms with Gasteiger partial charge < -0.3 is 5.73 Å². The molecule has 0 aliphatic rings. The Hall–Kier alpha value is -2.09. The van der Waals surface area contributed by atoms with Gasteiger partial charge in [-0.05, 0) is 26.0 Å². The van der Waals surface area contributed by atoms with Gasteiger partial charge in [0.2, 0.25) is 0 Å². The lowest BCUT2D eigenvalue weighted by Crippen LogP contribution is -2.15. The van der Waals surface area contributed by atoms with Crippen molar-refractivity contribution < 1.29 is 8.42 Å². The van der Waals surface area contributed by atoms with Crippen LogP contribution in [-0.2, 0) is 10.0 Å². The summed E-state index contributed by atoms with van der Waals surface area (Å²) in [6, 6.07) is 3.38. The summed E-state index contributed by atoms with van der Waals surface area (Å²) in [4.78, 5) is 4.10. The van der Waals surface area contributed by atoms with Crippen LogP contribution in [0, 0.1) is 13.8 Å². The number of pyridine rings is 1. The van der Waals surface area contributed by atoms with Crippen LogP contribution in [0.25, 0.3) is 0 Å². The third-order valence-corrected chi connectivity index (χ3v) is 3.78. The van der Waals surface area contributed by atoms with E-state index in [1.807, 2.05) is 6.92 Å². The number of H-pyrrole nitrogens is 1. The molecule has 0 amide bonds. The summed E-state index contributed by atoms with van der Waals surface area (Å²) in [5.74, 6) is 0.000207. The van der Waals surface area contributed by atoms with Gasteiger partial charge in [-0.25, -0.2) is 8.42 Å². The molecule has 2 rings (SSSR count). The van der Waals surface area contributed by atoms with Gasteiger partial charge in [-0.1, -0.05) is 0 Å². The van der Waals surface area contributed by atoms with Gasteiger partial charge in [0.15, 0.2) is 0 Å². The number of nitrogens with one attached hydrogen (secondary N) is 2. The van der Waals surface area contributed by atoms with Crippen LogP contribution in [0.3, 0.4) is 0 Å². The maximum absolute atomic E-state index is 12.0. The largest absolute Gasteiger partial charge is 0.383 e. The van der Waals surface area contributed by atoms with E-state index in [1.54, 1.807) is 19.1 Å². The number of rotatable bonds is 3. The van der Waals surface area contributed by atoms with Crippen LogP contribution >= 0.6 is 0 Å². The molecule has 0 aromatic carbocycles. The van der Waals surface area contributed by atoms with Gasteiger partial charge >= 0.3 is 0 Å². The first-order chi connectivity index (χ1) is 8.40. The molecule has 96 valence electrons. The van der Waals surface area contributed by atoms with E-state index < -0.39 is 10.0 Å². The van der Waals surface area contributed by atoms with E-state index in [4.69, 9.17) is 5.73 Å². The van der Waals surface area contributed by atoms with Crippen molar-refractivity contribution in [3.63, 3.8) is 0 Å². The van der Waals surface area contributed by atoms with Crippen molar-refractivity contribution in [2.24, 2.45) is 0 Å². The molecule has 0 radical (unpaired) electrons. The van der Waals surface area contributed by atoms with Crippen molar-refractivity contribution in [3.8, 4) is 0 Å². The number of aromatic amines is 1. The lowest BCUT2D eigenvalue weighted by molar-refractivity contribution is 0.601. The first-order valence-electron chi connectivity index (χ1n) is 5.16. The highest BCUT2D eigenvalue weighted by Gasteiger charge is 2.20. The monoisotopic (exact) mass is 267 g/mol. The number of nitrogens with two attached hydrogens (primary N) is 1. The molecule has 4 N–H and O–H groups in total. The van der Waals surface area contributed by atoms with Crippen molar-refractivity contribution >= 4 is 21.5 Å². The van der Waals surface area contributed by atoms with E-state index in [2.05, 4.69) is 19.9 Å². The fourth-order valence-electron chi connectivity index (χ4n) is 1.49. The number of anilines is 2. The summed E-state index contributed by atoms with van der Waals surface area (Å²) in [6.45, 7) is 3.56. The number of hydrogen-bond donors (Lipinski definition) is 3. The minimum absolute atomic E-state index is 0.000207. The summed E-state index contributed by atoms with van der Waals surface area (Å²) >= 11 is 0. The van der Waals surface area contributed by atoms with E-state index in [0.717, 1.165) is 11.9 Å². The minimum Gasteiger partial charge on any atom is -0.383 e. The topological polar surface area (TPSA) is 114 Å². The number of aryl methyl sites for hydroxylation is 2. The third-order valence-electron chi connectivity index (χ3n) is 2.39. The molecule has 8 heteroatoms. The Morgan fingerprint density at radius 3 is 2.61 bits per heavy atom. The molecular formula is C10H13N5O2S. The number of nitrogens with zero attached hydrogens (tertiary/aromatic N) is 2. The summed E-state index contributed by atoms with van der Waals surface area (Å²) in [5, 5.41) is 5.96. The summed E-state index contributed by atoms with van der Waals surface area (Å²) in [6.07, 6.45) is 1.16. The van der Waals surface area contributed by atoms with Gasteiger partial charge in [-0.2, -0.15) is 5.10 Å². The van der Waals surface area contributed by atoms with Crippen molar-refractivity contribution in [2.75, 3.05) is 10.5 Å². The van der Waals surface area contributed by atoms with Crippen LogP contribution in [0.5, 0.6) is 0 Å². The van der Waals surface area contributed by atoms with Gasteiger partial charge in [-0.15, -0.1) is 0 Å². The molecule has 2 aromatic heterocycles. The second-order valence-electron chi connectivity index (χ2n) is 3.84. The van der Waals surface area contributed by atoms with Crippen LogP contribution in [0.2, 0.25) is 0 Å². The Labute approximate surface area is 104 Å². The van der Waals surface area contributed by atoms with Gasteiger partial charge in [0, 0.05) is 5.69 Å². The highest BCUT2D eigenvalue weighted by atomic mass is 32.2. The number of sulfonamides is 1. The Bertz CT molecular complexity index is 677. The van der Waals surface area contributed by atoms with Crippen molar-refractivity contribution in [1.82, 2.24) is 15.2 Å². The Morgan fingerprint density at radius 2 is 2.06 bits per heavy atom. The lowest BCUT2D eigenvalue weighted by Gasteiger charge is -2.09. The van der Waals surface area contributed by atoms with Crippen molar-refractivity contribution in [3.05, 3.63) is 29.7 Å². The quantitative estimate of drug-likeness (QED) is 0.761. The molecule has 2 heterocycles. The molecule has 0 bridgehead atoms. The molecule has 0 saturated carbocycles. The molecule has 2 aromatic rings. The normalized spacial score (nSPS) is 11.4. The molecule has 0 atom stereocenters. The standard InChI is InChI=1S/C10H13N5O2S/c1-6-3-4-8(7(2)13-6)15-18(16,17)9-5-12-14-10(9)11/h3-5,15H,1-2H3,(H3,11,12,14). The molecule has 0 aliphatic carbocycles. The van der Waals surface area contributed by atoms with Crippen LogP contribution in [0.15, 0.2) is 23.2 Å². The average Bonchev–Trinajstić information content (AvgIpc) is 2.69. The molecule has 0 aliphatic heterocycles. The lowest BCUT2D eigenvalue weighted by atomic mass is 10.3. The highest BCUT2D eigenvalue weighted by Crippen LogP contribution is 2.20. The summed E-state index contributed by atoms with van der Waals surface area (Å²) in [5.41, 5.74) is 7.32. The van der Waals surface area contributed by atoms with E-state index in [-0.39, 0.29) is 10.7 Å². The predicted molar refractivity (Wildman–Crippen MR) is 67.5 cm³/mol. The van der Waals surface area contributed by atoms with Gasteiger partial charge in [0.25, 0.3) is 10.0 Å². The number of hydrogen-bond acceptors (Lipinski definition) is 5. The minimum atomic E-state index is -3.74. The van der Waals surface area contributed by atoms with Crippen LogP contribution in [0.1, 0.15) is 11.4 Å². The molecule has 7 nitrogen and oxygen atoms in total. The second kappa shape index (κ2) is 4.30. The Balaban J connectivity index is 2.37. The zero-order valence-corrected chi connectivity index (χ0v) is 10.7. The second-order valence-corrected chi connectivity index (χ2v) is 5.49. The molecular weight excluding hydrogens is 254 g/mol. The molecule has 0 spiro atoms. The van der Waals surface area contributed by atoms with E-state index in [1.165, 1.54) is 0 Å². The number of nitrogen functional groups attached to an aromatic ring is 1. The summed E-state index contributed by atoms with van der Waals surface area (Å²) in [7, 11) is -3.74. The molecule has 0 fully saturated rings.